The number of amides is 1. The van der Waals surface area contributed by atoms with Crippen LogP contribution in [-0.4, -0.2) is 91.6 Å². The van der Waals surface area contributed by atoms with E-state index in [1.54, 1.807) is 36.1 Å². The minimum atomic E-state index is -2.27. The van der Waals surface area contributed by atoms with Crippen LogP contribution in [-0.2, 0) is 46.3 Å². The molecule has 1 atom stereocenters. The van der Waals surface area contributed by atoms with Gasteiger partial charge in [-0.2, -0.15) is 4.89 Å². The van der Waals surface area contributed by atoms with Gasteiger partial charge in [-0.25, -0.2) is 19.1 Å². The van der Waals surface area contributed by atoms with Gasteiger partial charge < -0.3 is 44.3 Å². The van der Waals surface area contributed by atoms with Crippen LogP contribution in [0.25, 0.3) is 50.3 Å². The largest absolute Gasteiger partial charge is 0.508 e. The number of aromatic nitrogens is 6. The summed E-state index contributed by atoms with van der Waals surface area (Å²) < 4.78 is 11.1. The third-order valence-electron chi connectivity index (χ3n) is 13.6. The maximum atomic E-state index is 13.8. The zero-order chi connectivity index (χ0) is 48.2. The summed E-state index contributed by atoms with van der Waals surface area (Å²) in [6.07, 6.45) is 4.53. The Morgan fingerprint density at radius 2 is 1.72 bits per heavy atom. The summed E-state index contributed by atoms with van der Waals surface area (Å²) in [7, 11) is 1.13. The molecule has 18 heteroatoms. The van der Waals surface area contributed by atoms with E-state index in [0.29, 0.717) is 64.9 Å². The number of aryl methyl sites for hydroxylation is 2. The van der Waals surface area contributed by atoms with Gasteiger partial charge in [0.2, 0.25) is 0 Å². The number of ether oxygens (including phenoxy) is 1. The van der Waals surface area contributed by atoms with Gasteiger partial charge in [-0.05, 0) is 110 Å². The summed E-state index contributed by atoms with van der Waals surface area (Å²) in [5.74, 6) is -0.360. The van der Waals surface area contributed by atoms with Crippen LogP contribution < -0.4 is 10.3 Å². The van der Waals surface area contributed by atoms with Crippen molar-refractivity contribution in [2.24, 2.45) is 5.92 Å². The number of pyridine rings is 2. The third-order valence-corrected chi connectivity index (χ3v) is 13.6. The van der Waals surface area contributed by atoms with Gasteiger partial charge in [-0.3, -0.25) is 9.68 Å². The lowest BCUT2D eigenvalue weighted by atomic mass is 9.87. The number of aliphatic hydroxyl groups excluding tert-OH is 1. The van der Waals surface area contributed by atoms with Crippen LogP contribution in [0.1, 0.15) is 87.1 Å². The van der Waals surface area contributed by atoms with Crippen molar-refractivity contribution in [3.05, 3.63) is 105 Å². The smallest absolute Gasteiger partial charge is 0.415 e. The van der Waals surface area contributed by atoms with Crippen LogP contribution in [0.15, 0.2) is 71.7 Å². The summed E-state index contributed by atoms with van der Waals surface area (Å²) in [4.78, 5) is 56.1. The topological polar surface area (TPSA) is 237 Å². The molecule has 0 aliphatic carbocycles. The summed E-state index contributed by atoms with van der Waals surface area (Å²) >= 11 is 0. The fourth-order valence-corrected chi connectivity index (χ4v) is 9.85. The fraction of sp³-hybridized carbons (Fsp3) is 0.360. The van der Waals surface area contributed by atoms with E-state index in [9.17, 15) is 39.9 Å². The number of nitrogens with zero attached hydrogens (tertiary/aromatic N) is 7. The predicted octanol–water partition coefficient (Wildman–Crippen LogP) is 6.93. The van der Waals surface area contributed by atoms with Crippen molar-refractivity contribution in [3.63, 3.8) is 0 Å². The highest BCUT2D eigenvalue weighted by atomic mass is 17.2. The van der Waals surface area contributed by atoms with E-state index in [4.69, 9.17) is 9.72 Å². The maximum absolute atomic E-state index is 13.8. The normalized spacial score (nSPS) is 14.7. The van der Waals surface area contributed by atoms with E-state index >= 15 is 0 Å². The van der Waals surface area contributed by atoms with E-state index in [-0.39, 0.29) is 53.3 Å². The monoisotopic (exact) mass is 927 g/mol. The first-order chi connectivity index (χ1) is 32.7. The third kappa shape index (κ3) is 7.86. The molecule has 5 N–H and O–H groups in total. The highest BCUT2D eigenvalue weighted by molar-refractivity contribution is 5.90. The molecular formula is C50H53N7O11. The Kier molecular flexibility index (Phi) is 12.2. The van der Waals surface area contributed by atoms with Gasteiger partial charge >= 0.3 is 18.1 Å². The van der Waals surface area contributed by atoms with Crippen molar-refractivity contribution in [3.8, 4) is 51.7 Å². The summed E-state index contributed by atoms with van der Waals surface area (Å²) in [6, 6.07) is 17.1. The van der Waals surface area contributed by atoms with Crippen molar-refractivity contribution in [1.82, 2.24) is 33.8 Å². The van der Waals surface area contributed by atoms with Gasteiger partial charge in [0.15, 0.2) is 11.4 Å². The number of piperidine rings is 1. The van der Waals surface area contributed by atoms with Gasteiger partial charge in [0.25, 0.3) is 5.56 Å². The molecule has 4 aromatic heterocycles. The molecule has 7 aromatic rings. The molecule has 2 aliphatic rings. The quantitative estimate of drug-likeness (QED) is 0.0583. The summed E-state index contributed by atoms with van der Waals surface area (Å²) in [5.41, 5.74) is 2.71. The zero-order valence-corrected chi connectivity index (χ0v) is 38.4. The first-order valence-electron chi connectivity index (χ1n) is 22.8. The highest BCUT2D eigenvalue weighted by Gasteiger charge is 2.43. The minimum Gasteiger partial charge on any atom is -0.508 e. The van der Waals surface area contributed by atoms with Gasteiger partial charge in [0, 0.05) is 64.9 Å². The number of fused-ring (bicyclic) bond motifs is 5. The number of aromatic hydroxyl groups is 3. The van der Waals surface area contributed by atoms with Crippen molar-refractivity contribution >= 4 is 33.9 Å². The van der Waals surface area contributed by atoms with Crippen LogP contribution in [0, 0.1) is 5.92 Å². The Hall–Kier alpha value is -7.28. The van der Waals surface area contributed by atoms with Crippen LogP contribution >= 0.6 is 0 Å². The first kappa shape index (κ1) is 45.9. The maximum Gasteiger partial charge on any atom is 0.415 e. The number of carbonyl (C=O) groups excluding carboxylic acids is 2. The molecule has 0 unspecified atom stereocenters. The van der Waals surface area contributed by atoms with E-state index in [2.05, 4.69) is 24.5 Å². The van der Waals surface area contributed by atoms with Crippen molar-refractivity contribution in [2.75, 3.05) is 20.2 Å². The molecule has 0 bridgehead atoms. The average Bonchev–Trinajstić information content (AvgIpc) is 4.04. The molecule has 6 heterocycles. The number of aliphatic hydroxyl groups is 2. The van der Waals surface area contributed by atoms with Crippen LogP contribution in [0.5, 0.6) is 23.3 Å². The molecule has 354 valence electrons. The standard InChI is InChI=1S/C50H53N7O11/c1-6-32-34-21-31(9-10-39(34)51-44-36(32)25-56-41(44)23-38(37(26-58)46(56)61)50(65,7-2)47(62)68-66-5)67-49(64)55-17-13-28(14-18-55)12-16-54-19-15-29-20-30(8-11-40(29)54)57-45(52-53-48(57)63)35-22-33(27(3)4)42(59)24-43(35)60/h8-11,15,19-24,27-28,58-60,65H,6-7,12-14,16-18,25-26H2,1-5H3,(H,53,63)/t50-/m0/s1. The van der Waals surface area contributed by atoms with Crippen LogP contribution in [0.3, 0.4) is 0 Å². The van der Waals surface area contributed by atoms with Gasteiger partial charge in [0.05, 0.1) is 48.4 Å². The van der Waals surface area contributed by atoms with E-state index < -0.39 is 29.8 Å². The summed E-state index contributed by atoms with van der Waals surface area (Å²) in [5, 5.41) is 63.4. The lowest BCUT2D eigenvalue weighted by molar-refractivity contribution is -0.271. The Morgan fingerprint density at radius 3 is 2.43 bits per heavy atom. The number of phenols is 2. The van der Waals surface area contributed by atoms with Crippen molar-refractivity contribution in [1.29, 1.82) is 0 Å². The van der Waals surface area contributed by atoms with Gasteiger partial charge in [-0.1, -0.05) is 32.8 Å². The van der Waals surface area contributed by atoms with Crippen LogP contribution in [0.2, 0.25) is 0 Å². The molecule has 9 rings (SSSR count). The van der Waals surface area contributed by atoms with Gasteiger partial charge in [0.1, 0.15) is 17.2 Å². The number of hydrogen-bond donors (Lipinski definition) is 5. The SMILES string of the molecule is CCc1c2c(nc3ccc(OC(=O)N4CCC(CCn5ccc6cc(-n7c(O)nnc7-c7cc(C(C)C)c(O)cc7O)ccc65)CC4)cc13)-c1cc([C@@](O)(CC)C(=O)OOC)c(CO)c(=O)n1C2. The minimum absolute atomic E-state index is 0.0208. The molecule has 1 fully saturated rings. The van der Waals surface area contributed by atoms with Crippen LogP contribution in [0.4, 0.5) is 4.79 Å². The first-order valence-corrected chi connectivity index (χ1v) is 22.8. The molecule has 1 amide bonds. The lowest BCUT2D eigenvalue weighted by Crippen LogP contribution is -2.40. The Morgan fingerprint density at radius 1 is 0.941 bits per heavy atom. The zero-order valence-electron chi connectivity index (χ0n) is 38.4. The molecule has 18 nitrogen and oxygen atoms in total. The Labute approximate surface area is 390 Å². The van der Waals surface area contributed by atoms with E-state index in [1.807, 2.05) is 51.2 Å². The molecule has 3 aromatic carbocycles. The number of phenolic OH excluding ortho intramolecular Hbond substituents is 2. The molecule has 0 spiro atoms. The fourth-order valence-electron chi connectivity index (χ4n) is 9.85. The number of likely N-dealkylation sites (tertiary alicyclic amines) is 1. The molecule has 1 saturated heterocycles. The average molecular weight is 928 g/mol. The number of rotatable bonds is 13. The predicted molar refractivity (Wildman–Crippen MR) is 249 cm³/mol. The second-order valence-electron chi connectivity index (χ2n) is 17.8. The van der Waals surface area contributed by atoms with Gasteiger partial charge in [-0.15, -0.1) is 5.10 Å². The van der Waals surface area contributed by atoms with E-state index in [0.717, 1.165) is 60.3 Å². The molecular weight excluding hydrogens is 875 g/mol. The Bertz CT molecular complexity index is 3180. The second kappa shape index (κ2) is 18.1. The Balaban J connectivity index is 0.858. The second-order valence-corrected chi connectivity index (χ2v) is 17.8. The summed E-state index contributed by atoms with van der Waals surface area (Å²) in [6.45, 7) is 8.69. The molecule has 2 aliphatic heterocycles. The highest BCUT2D eigenvalue weighted by Crippen LogP contribution is 2.41. The van der Waals surface area contributed by atoms with Crippen molar-refractivity contribution in [2.45, 2.75) is 91.0 Å². The van der Waals surface area contributed by atoms with E-state index in [1.165, 1.54) is 21.3 Å². The molecule has 0 radical (unpaired) electrons. The molecule has 68 heavy (non-hydrogen) atoms. The number of hydrogen-bond acceptors (Lipinski definition) is 14. The number of carbonyl (C=O) groups is 2. The lowest BCUT2D eigenvalue weighted by Gasteiger charge is -2.31. The van der Waals surface area contributed by atoms with Crippen molar-refractivity contribution < 1.29 is 49.6 Å². The number of benzene rings is 3. The molecule has 0 saturated carbocycles.